The van der Waals surface area contributed by atoms with E-state index in [0.29, 0.717) is 43.5 Å². The lowest BCUT2D eigenvalue weighted by atomic mass is 10.2. The van der Waals surface area contributed by atoms with Crippen molar-refractivity contribution in [3.8, 4) is 11.6 Å². The first-order valence-corrected chi connectivity index (χ1v) is 11.5. The van der Waals surface area contributed by atoms with Crippen LogP contribution in [0.5, 0.6) is 11.6 Å². The number of benzene rings is 1. The molecule has 1 aromatic heterocycles. The van der Waals surface area contributed by atoms with Gasteiger partial charge in [-0.2, -0.15) is 4.98 Å². The van der Waals surface area contributed by atoms with E-state index in [0.717, 1.165) is 22.2 Å². The predicted molar refractivity (Wildman–Crippen MR) is 123 cm³/mol. The van der Waals surface area contributed by atoms with E-state index in [1.54, 1.807) is 4.90 Å². The zero-order valence-corrected chi connectivity index (χ0v) is 19.4. The number of carbonyl (C=O) groups excluding carboxylic acids is 2. The number of rotatable bonds is 7. The molecule has 182 valence electrons. The van der Waals surface area contributed by atoms with E-state index in [2.05, 4.69) is 14.9 Å². The van der Waals surface area contributed by atoms with Crippen LogP contribution in [0.3, 0.4) is 0 Å². The molecule has 12 nitrogen and oxygen atoms in total. The molecule has 1 saturated heterocycles. The van der Waals surface area contributed by atoms with E-state index >= 15 is 0 Å². The third-order valence-electron chi connectivity index (χ3n) is 5.35. The van der Waals surface area contributed by atoms with Crippen LogP contribution in [0.15, 0.2) is 35.6 Å². The summed E-state index contributed by atoms with van der Waals surface area (Å²) >= 11 is 1.09. The van der Waals surface area contributed by atoms with Crippen molar-refractivity contribution >= 4 is 29.6 Å². The highest BCUT2D eigenvalue weighted by Gasteiger charge is 2.41. The molecule has 0 spiro atoms. The molecule has 34 heavy (non-hydrogen) atoms. The number of thioether (sulfide) groups is 1. The standard InChI is InChI=1S/C21H26N6O6S/c1-31-17-16-18(24-13-23-17)34-21(27(16)19(22)29)33-20(30)26-7-5-25(6-8-26)12-14-3-2-4-15(11-14)32-10-9-28/h2-4,11,13,21,28H,5-10,12H2,1H3,(H2,22,29). The Labute approximate surface area is 200 Å². The zero-order chi connectivity index (χ0) is 24.1. The number of methoxy groups -OCH3 is 1. The van der Waals surface area contributed by atoms with Crippen LogP contribution < -0.4 is 20.1 Å². The number of anilines is 1. The SMILES string of the molecule is COc1ncnc2c1N(C(N)=O)C(OC(=O)N1CCN(Cc3cccc(OCCO)c3)CC1)S2. The Morgan fingerprint density at radius 1 is 1.24 bits per heavy atom. The van der Waals surface area contributed by atoms with Crippen molar-refractivity contribution in [2.45, 2.75) is 17.1 Å². The Hall–Kier alpha value is -3.29. The molecule has 13 heteroatoms. The molecule has 1 atom stereocenters. The highest BCUT2D eigenvalue weighted by atomic mass is 32.2. The van der Waals surface area contributed by atoms with Crippen LogP contribution in [-0.4, -0.2) is 89.1 Å². The Kier molecular flexibility index (Phi) is 7.55. The molecule has 1 aromatic carbocycles. The van der Waals surface area contributed by atoms with E-state index in [1.807, 2.05) is 24.3 Å². The molecule has 0 aliphatic carbocycles. The summed E-state index contributed by atoms with van der Waals surface area (Å²) in [5.74, 6) is 0.887. The molecule has 3 heterocycles. The summed E-state index contributed by atoms with van der Waals surface area (Å²) in [5, 5.41) is 9.36. The third-order valence-corrected chi connectivity index (χ3v) is 6.38. The molecular weight excluding hydrogens is 464 g/mol. The van der Waals surface area contributed by atoms with Gasteiger partial charge in [0, 0.05) is 32.7 Å². The number of aromatic nitrogens is 2. The van der Waals surface area contributed by atoms with Crippen molar-refractivity contribution in [2.24, 2.45) is 5.73 Å². The molecule has 1 fully saturated rings. The normalized spacial score (nSPS) is 17.9. The maximum atomic E-state index is 12.8. The Morgan fingerprint density at radius 2 is 2.03 bits per heavy atom. The Morgan fingerprint density at radius 3 is 2.74 bits per heavy atom. The van der Waals surface area contributed by atoms with Gasteiger partial charge in [0.05, 0.1) is 13.7 Å². The second kappa shape index (κ2) is 10.8. The molecule has 3 amide bonds. The number of piperazine rings is 1. The fourth-order valence-electron chi connectivity index (χ4n) is 3.74. The van der Waals surface area contributed by atoms with Gasteiger partial charge in [-0.1, -0.05) is 12.1 Å². The number of hydrogen-bond acceptors (Lipinski definition) is 10. The van der Waals surface area contributed by atoms with Crippen LogP contribution in [0.1, 0.15) is 5.56 Å². The van der Waals surface area contributed by atoms with E-state index in [1.165, 1.54) is 13.4 Å². The van der Waals surface area contributed by atoms with Gasteiger partial charge in [0.1, 0.15) is 29.4 Å². The minimum Gasteiger partial charge on any atom is -0.491 e. The Balaban J connectivity index is 1.32. The monoisotopic (exact) mass is 490 g/mol. The molecular formula is C21H26N6O6S. The quantitative estimate of drug-likeness (QED) is 0.541. The molecule has 2 aromatic rings. The van der Waals surface area contributed by atoms with Gasteiger partial charge >= 0.3 is 12.1 Å². The minimum absolute atomic E-state index is 0.0358. The summed E-state index contributed by atoms with van der Waals surface area (Å²) in [4.78, 5) is 38.0. The number of aliphatic hydroxyl groups excluding tert-OH is 1. The molecule has 0 saturated carbocycles. The molecule has 1 unspecified atom stereocenters. The average Bonchev–Trinajstić information content (AvgIpc) is 3.21. The van der Waals surface area contributed by atoms with Gasteiger partial charge in [0.2, 0.25) is 11.4 Å². The number of aliphatic hydroxyl groups is 1. The molecule has 2 aliphatic rings. The minimum atomic E-state index is -0.995. The molecule has 0 bridgehead atoms. The molecule has 0 radical (unpaired) electrons. The first kappa shape index (κ1) is 23.9. The summed E-state index contributed by atoms with van der Waals surface area (Å²) in [6.07, 6.45) is 0.768. The number of urea groups is 1. The van der Waals surface area contributed by atoms with Gasteiger partial charge in [0.25, 0.3) is 0 Å². The number of ether oxygens (including phenoxy) is 3. The third kappa shape index (κ3) is 5.26. The van der Waals surface area contributed by atoms with Crippen molar-refractivity contribution in [3.05, 3.63) is 36.2 Å². The number of amides is 3. The van der Waals surface area contributed by atoms with Crippen LogP contribution in [0, 0.1) is 0 Å². The lowest BCUT2D eigenvalue weighted by Crippen LogP contribution is -2.50. The van der Waals surface area contributed by atoms with Crippen LogP contribution in [0.25, 0.3) is 0 Å². The topological polar surface area (TPSA) is 144 Å². The van der Waals surface area contributed by atoms with Crippen molar-refractivity contribution in [1.29, 1.82) is 0 Å². The number of nitrogens with zero attached hydrogens (tertiary/aromatic N) is 5. The maximum absolute atomic E-state index is 12.8. The van der Waals surface area contributed by atoms with Gasteiger partial charge in [0.15, 0.2) is 0 Å². The molecule has 2 aliphatic heterocycles. The van der Waals surface area contributed by atoms with Crippen molar-refractivity contribution < 1.29 is 28.9 Å². The van der Waals surface area contributed by atoms with E-state index in [9.17, 15) is 9.59 Å². The van der Waals surface area contributed by atoms with Crippen LogP contribution in [0.4, 0.5) is 15.3 Å². The maximum Gasteiger partial charge on any atom is 0.412 e. The highest BCUT2D eigenvalue weighted by Crippen LogP contribution is 2.46. The number of primary amides is 1. The van der Waals surface area contributed by atoms with E-state index in [4.69, 9.17) is 25.1 Å². The second-order valence-electron chi connectivity index (χ2n) is 7.54. The van der Waals surface area contributed by atoms with Crippen molar-refractivity contribution in [3.63, 3.8) is 0 Å². The largest absolute Gasteiger partial charge is 0.491 e. The zero-order valence-electron chi connectivity index (χ0n) is 18.6. The summed E-state index contributed by atoms with van der Waals surface area (Å²) in [6.45, 7) is 3.20. The number of fused-ring (bicyclic) bond motifs is 1. The lowest BCUT2D eigenvalue weighted by Gasteiger charge is -2.35. The van der Waals surface area contributed by atoms with Crippen LogP contribution in [-0.2, 0) is 11.3 Å². The number of nitrogens with two attached hydrogens (primary N) is 1. The summed E-state index contributed by atoms with van der Waals surface area (Å²) in [5.41, 5.74) is 5.91. The summed E-state index contributed by atoms with van der Waals surface area (Å²) < 4.78 is 16.3. The van der Waals surface area contributed by atoms with E-state index in [-0.39, 0.29) is 24.8 Å². The summed E-state index contributed by atoms with van der Waals surface area (Å²) in [6, 6.07) is 6.92. The van der Waals surface area contributed by atoms with Crippen molar-refractivity contribution in [2.75, 3.05) is 51.4 Å². The van der Waals surface area contributed by atoms with Gasteiger partial charge in [-0.3, -0.25) is 4.90 Å². The fourth-order valence-corrected chi connectivity index (χ4v) is 4.78. The van der Waals surface area contributed by atoms with Crippen molar-refractivity contribution in [1.82, 2.24) is 19.8 Å². The van der Waals surface area contributed by atoms with Gasteiger partial charge in [-0.15, -0.1) is 0 Å². The first-order chi connectivity index (χ1) is 16.5. The van der Waals surface area contributed by atoms with Gasteiger partial charge in [-0.25, -0.2) is 19.5 Å². The average molecular weight is 491 g/mol. The van der Waals surface area contributed by atoms with E-state index < -0.39 is 17.7 Å². The summed E-state index contributed by atoms with van der Waals surface area (Å²) in [7, 11) is 1.42. The smallest absolute Gasteiger partial charge is 0.412 e. The highest BCUT2D eigenvalue weighted by molar-refractivity contribution is 8.00. The first-order valence-electron chi connectivity index (χ1n) is 10.6. The lowest BCUT2D eigenvalue weighted by molar-refractivity contribution is 0.0690. The van der Waals surface area contributed by atoms with Gasteiger partial charge in [-0.05, 0) is 29.5 Å². The Bertz CT molecular complexity index is 1030. The number of hydrogen-bond donors (Lipinski definition) is 2. The fraction of sp³-hybridized carbons (Fsp3) is 0.429. The van der Waals surface area contributed by atoms with Crippen LogP contribution >= 0.6 is 11.8 Å². The van der Waals surface area contributed by atoms with Crippen LogP contribution in [0.2, 0.25) is 0 Å². The predicted octanol–water partition coefficient (Wildman–Crippen LogP) is 1.09. The number of carbonyl (C=O) groups is 2. The van der Waals surface area contributed by atoms with Gasteiger partial charge < -0.3 is 30.0 Å². The molecule has 4 rings (SSSR count). The second-order valence-corrected chi connectivity index (χ2v) is 8.56. The molecule has 3 N–H and O–H groups in total.